The van der Waals surface area contributed by atoms with Crippen molar-refractivity contribution >= 4 is 44.0 Å². The third-order valence-electron chi connectivity index (χ3n) is 4.61. The van der Waals surface area contributed by atoms with E-state index in [0.29, 0.717) is 28.1 Å². The maximum absolute atomic E-state index is 12.8. The minimum absolute atomic E-state index is 0.183. The smallest absolute Gasteiger partial charge is 0.266 e. The normalized spacial score (nSPS) is 13.2. The minimum Gasteiger partial charge on any atom is -0.266 e. The third kappa shape index (κ3) is 4.30. The molecular weight excluding hydrogens is 501 g/mol. The Balaban J connectivity index is 1.85. The maximum Gasteiger partial charge on any atom is 0.404 e. The van der Waals surface area contributed by atoms with Crippen LogP contribution < -0.4 is 4.72 Å². The molecule has 0 amide bonds. The van der Waals surface area contributed by atoms with Crippen LogP contribution in [0.2, 0.25) is 5.02 Å². The number of nitrogens with zero attached hydrogens (tertiary/aromatic N) is 5. The Morgan fingerprint density at radius 1 is 1.24 bits per heavy atom. The number of pyridine rings is 2. The van der Waals surface area contributed by atoms with E-state index >= 15 is 0 Å². The largest absolute Gasteiger partial charge is 0.404 e. The Morgan fingerprint density at radius 3 is 2.58 bits per heavy atom. The van der Waals surface area contributed by atoms with Gasteiger partial charge in [0.05, 0.1) is 22.0 Å². The predicted octanol–water partition coefficient (Wildman–Crippen LogP) is 4.30. The number of halogens is 4. The lowest BCUT2D eigenvalue weighted by molar-refractivity contribution is -0.147. The molecule has 0 saturated carbocycles. The number of thiazole rings is 1. The second kappa shape index (κ2) is 8.38. The summed E-state index contributed by atoms with van der Waals surface area (Å²) < 4.78 is 66.2. The van der Waals surface area contributed by atoms with Crippen LogP contribution in [0, 0.1) is 11.3 Å². The van der Waals surface area contributed by atoms with Crippen LogP contribution >= 0.6 is 22.9 Å². The van der Waals surface area contributed by atoms with Gasteiger partial charge in [0, 0.05) is 29.4 Å². The summed E-state index contributed by atoms with van der Waals surface area (Å²) in [5, 5.41) is 12.8. The van der Waals surface area contributed by atoms with Crippen molar-refractivity contribution in [3.8, 4) is 22.6 Å². The topological polar surface area (TPSA) is 114 Å². The molecule has 8 nitrogen and oxygen atoms in total. The number of nitriles is 1. The van der Waals surface area contributed by atoms with E-state index in [9.17, 15) is 26.9 Å². The summed E-state index contributed by atoms with van der Waals surface area (Å²) in [7, 11) is -4.49. The highest BCUT2D eigenvalue weighted by Crippen LogP contribution is 2.36. The van der Waals surface area contributed by atoms with Crippen molar-refractivity contribution in [3.63, 3.8) is 0 Å². The van der Waals surface area contributed by atoms with E-state index in [1.165, 1.54) is 23.6 Å². The van der Waals surface area contributed by atoms with Crippen LogP contribution in [0.1, 0.15) is 12.5 Å². The lowest BCUT2D eigenvalue weighted by atomic mass is 10.1. The van der Waals surface area contributed by atoms with Gasteiger partial charge >= 0.3 is 6.18 Å². The summed E-state index contributed by atoms with van der Waals surface area (Å²) in [5.74, 6) is 0. The fraction of sp³-hybridized carbons (Fsp3) is 0.158. The van der Waals surface area contributed by atoms with E-state index in [-0.39, 0.29) is 17.0 Å². The fourth-order valence-corrected chi connectivity index (χ4v) is 5.03. The zero-order chi connectivity index (χ0) is 24.0. The van der Waals surface area contributed by atoms with Crippen LogP contribution in [-0.2, 0) is 10.0 Å². The fourth-order valence-electron chi connectivity index (χ4n) is 3.05. The van der Waals surface area contributed by atoms with Crippen LogP contribution in [0.5, 0.6) is 0 Å². The molecule has 170 valence electrons. The monoisotopic (exact) mass is 512 g/mol. The molecule has 4 aromatic rings. The number of aromatic nitrogens is 4. The molecule has 0 aliphatic carbocycles. The molecule has 14 heteroatoms. The van der Waals surface area contributed by atoms with Gasteiger partial charge in [0.2, 0.25) is 10.0 Å². The van der Waals surface area contributed by atoms with Crippen molar-refractivity contribution in [3.05, 3.63) is 52.8 Å². The van der Waals surface area contributed by atoms with E-state index in [0.717, 1.165) is 12.3 Å². The quantitative estimate of drug-likeness (QED) is 0.426. The molecule has 4 heterocycles. The van der Waals surface area contributed by atoms with Gasteiger partial charge in [-0.05, 0) is 25.1 Å². The molecule has 0 fully saturated rings. The van der Waals surface area contributed by atoms with Crippen LogP contribution in [0.4, 0.5) is 13.2 Å². The summed E-state index contributed by atoms with van der Waals surface area (Å²) in [4.78, 5) is 12.2. The van der Waals surface area contributed by atoms with Crippen molar-refractivity contribution in [2.24, 2.45) is 0 Å². The van der Waals surface area contributed by atoms with Gasteiger partial charge in [0.25, 0.3) is 0 Å². The second-order valence-corrected chi connectivity index (χ2v) is 9.80. The van der Waals surface area contributed by atoms with E-state index in [2.05, 4.69) is 21.0 Å². The van der Waals surface area contributed by atoms with Gasteiger partial charge in [0.15, 0.2) is 5.13 Å². The molecule has 0 saturated heterocycles. The molecule has 0 aromatic carbocycles. The average molecular weight is 513 g/mol. The summed E-state index contributed by atoms with van der Waals surface area (Å²) >= 11 is 7.33. The van der Waals surface area contributed by atoms with Gasteiger partial charge < -0.3 is 0 Å². The van der Waals surface area contributed by atoms with E-state index in [4.69, 9.17) is 11.6 Å². The SMILES string of the molecule is CC(NS(=O)(=O)c1ccc(-c2c(C#N)c3cc(Cl)cnc3n2-c2nccs2)nc1)C(F)(F)F. The molecule has 33 heavy (non-hydrogen) atoms. The Bertz CT molecular complexity index is 1480. The predicted molar refractivity (Wildman–Crippen MR) is 116 cm³/mol. The third-order valence-corrected chi connectivity index (χ3v) is 7.10. The summed E-state index contributed by atoms with van der Waals surface area (Å²) in [6.07, 6.45) is -0.846. The van der Waals surface area contributed by atoms with Crippen LogP contribution in [-0.4, -0.2) is 40.2 Å². The van der Waals surface area contributed by atoms with Crippen molar-refractivity contribution in [2.75, 3.05) is 0 Å². The van der Waals surface area contributed by atoms with E-state index in [1.807, 2.05) is 0 Å². The molecule has 0 radical (unpaired) electrons. The van der Waals surface area contributed by atoms with Gasteiger partial charge in [-0.25, -0.2) is 18.4 Å². The van der Waals surface area contributed by atoms with Gasteiger partial charge in [-0.2, -0.15) is 23.2 Å². The molecule has 1 N–H and O–H groups in total. The zero-order valence-electron chi connectivity index (χ0n) is 16.5. The number of hydrogen-bond acceptors (Lipinski definition) is 7. The summed E-state index contributed by atoms with van der Waals surface area (Å²) in [6.45, 7) is 0.698. The highest BCUT2D eigenvalue weighted by molar-refractivity contribution is 7.89. The first-order valence-electron chi connectivity index (χ1n) is 9.08. The molecular formula is C19H12ClF3N6O2S2. The molecule has 4 aromatic heterocycles. The number of nitrogens with one attached hydrogen (secondary N) is 1. The number of sulfonamides is 1. The first-order chi connectivity index (χ1) is 15.5. The minimum atomic E-state index is -4.74. The van der Waals surface area contributed by atoms with Crippen LogP contribution in [0.15, 0.2) is 47.1 Å². The standard InChI is InChI=1S/C19H12ClF3N6O2S2/c1-10(19(21,22)23)28-33(30,31)12-2-3-15(26-9-12)16-14(7-24)13-6-11(20)8-27-17(13)29(16)18-25-4-5-32-18/h2-6,8-10,28H,1H3. The van der Waals surface area contributed by atoms with Gasteiger partial charge in [-0.3, -0.25) is 9.55 Å². The summed E-state index contributed by atoms with van der Waals surface area (Å²) in [6, 6.07) is 3.79. The van der Waals surface area contributed by atoms with Gasteiger partial charge in [0.1, 0.15) is 22.7 Å². The number of alkyl halides is 3. The van der Waals surface area contributed by atoms with Crippen molar-refractivity contribution < 1.29 is 21.6 Å². The van der Waals surface area contributed by atoms with Crippen molar-refractivity contribution in [1.29, 1.82) is 5.26 Å². The first-order valence-corrected chi connectivity index (χ1v) is 11.8. The van der Waals surface area contributed by atoms with Crippen molar-refractivity contribution in [1.82, 2.24) is 24.2 Å². The molecule has 0 bridgehead atoms. The second-order valence-electron chi connectivity index (χ2n) is 6.77. The average Bonchev–Trinajstić information content (AvgIpc) is 3.38. The number of hydrogen-bond donors (Lipinski definition) is 1. The maximum atomic E-state index is 12.8. The highest BCUT2D eigenvalue weighted by Gasteiger charge is 2.39. The van der Waals surface area contributed by atoms with E-state index in [1.54, 1.807) is 26.9 Å². The lowest BCUT2D eigenvalue weighted by Gasteiger charge is -2.17. The Kier molecular flexibility index (Phi) is 5.87. The molecule has 4 rings (SSSR count). The molecule has 0 aliphatic heterocycles. The first kappa shape index (κ1) is 23.1. The Morgan fingerprint density at radius 2 is 2.00 bits per heavy atom. The van der Waals surface area contributed by atoms with E-state index < -0.39 is 27.1 Å². The Hall–Kier alpha value is -3.05. The van der Waals surface area contributed by atoms with Gasteiger partial charge in [-0.1, -0.05) is 11.6 Å². The van der Waals surface area contributed by atoms with Crippen molar-refractivity contribution in [2.45, 2.75) is 24.0 Å². The van der Waals surface area contributed by atoms with Crippen LogP contribution in [0.25, 0.3) is 27.6 Å². The molecule has 0 spiro atoms. The Labute approximate surface area is 194 Å². The molecule has 0 aliphatic rings. The zero-order valence-corrected chi connectivity index (χ0v) is 18.9. The number of fused-ring (bicyclic) bond motifs is 1. The lowest BCUT2D eigenvalue weighted by Crippen LogP contribution is -2.42. The highest BCUT2D eigenvalue weighted by atomic mass is 35.5. The van der Waals surface area contributed by atoms with Gasteiger partial charge in [-0.15, -0.1) is 11.3 Å². The van der Waals surface area contributed by atoms with Crippen LogP contribution in [0.3, 0.4) is 0 Å². The molecule has 1 unspecified atom stereocenters. The number of rotatable bonds is 5. The molecule has 1 atom stereocenters. The summed E-state index contributed by atoms with van der Waals surface area (Å²) in [5.41, 5.74) is 1.05.